The number of rotatable bonds is 3. The van der Waals surface area contributed by atoms with Crippen LogP contribution in [0.4, 0.5) is 0 Å². The Hall–Kier alpha value is -1.39. The lowest BCUT2D eigenvalue weighted by Crippen LogP contribution is -2.25. The third kappa shape index (κ3) is 1.81. The Morgan fingerprint density at radius 3 is 2.88 bits per heavy atom. The Morgan fingerprint density at radius 1 is 1.44 bits per heavy atom. The van der Waals surface area contributed by atoms with Crippen LogP contribution in [0.5, 0.6) is 0 Å². The molecule has 4 heteroatoms. The van der Waals surface area contributed by atoms with Crippen LogP contribution >= 0.6 is 0 Å². The van der Waals surface area contributed by atoms with Gasteiger partial charge in [-0.2, -0.15) is 0 Å². The van der Waals surface area contributed by atoms with Crippen LogP contribution in [0, 0.1) is 5.92 Å². The second-order valence-corrected chi connectivity index (χ2v) is 4.34. The van der Waals surface area contributed by atoms with Crippen molar-refractivity contribution in [3.05, 3.63) is 30.1 Å². The zero-order chi connectivity index (χ0) is 11.7. The summed E-state index contributed by atoms with van der Waals surface area (Å²) < 4.78 is 2.00. The first-order valence-corrected chi connectivity index (χ1v) is 5.50. The number of hydrogen-bond acceptors (Lipinski definition) is 3. The van der Waals surface area contributed by atoms with E-state index in [0.717, 1.165) is 16.6 Å². The molecule has 1 aromatic heterocycles. The molecular formula is C12H18N4. The lowest BCUT2D eigenvalue weighted by atomic mass is 9.95. The van der Waals surface area contributed by atoms with Crippen LogP contribution in [-0.4, -0.2) is 16.1 Å². The highest BCUT2D eigenvalue weighted by molar-refractivity contribution is 5.76. The molecule has 0 aliphatic rings. The van der Waals surface area contributed by atoms with Crippen LogP contribution in [0.3, 0.4) is 0 Å². The van der Waals surface area contributed by atoms with Crippen molar-refractivity contribution in [2.45, 2.75) is 13.0 Å². The summed E-state index contributed by atoms with van der Waals surface area (Å²) in [6.45, 7) is 2.66. The lowest BCUT2D eigenvalue weighted by molar-refractivity contribution is 0.481. The molecule has 2 unspecified atom stereocenters. The Labute approximate surface area is 95.3 Å². The molecule has 4 N–H and O–H groups in total. The number of imidazole rings is 1. The molecule has 16 heavy (non-hydrogen) atoms. The van der Waals surface area contributed by atoms with Gasteiger partial charge < -0.3 is 16.0 Å². The Morgan fingerprint density at radius 2 is 2.19 bits per heavy atom. The normalized spacial score (nSPS) is 15.2. The number of aryl methyl sites for hydroxylation is 1. The fourth-order valence-electron chi connectivity index (χ4n) is 1.84. The number of aromatic nitrogens is 2. The first-order valence-electron chi connectivity index (χ1n) is 5.50. The van der Waals surface area contributed by atoms with Crippen molar-refractivity contribution in [2.24, 2.45) is 24.4 Å². The number of benzene rings is 1. The van der Waals surface area contributed by atoms with Gasteiger partial charge in [-0.05, 0) is 30.2 Å². The van der Waals surface area contributed by atoms with E-state index in [1.165, 1.54) is 0 Å². The van der Waals surface area contributed by atoms with Crippen LogP contribution in [-0.2, 0) is 7.05 Å². The highest BCUT2D eigenvalue weighted by Crippen LogP contribution is 2.22. The zero-order valence-corrected chi connectivity index (χ0v) is 9.72. The third-order valence-electron chi connectivity index (χ3n) is 3.12. The Bertz CT molecular complexity index is 489. The van der Waals surface area contributed by atoms with Crippen LogP contribution < -0.4 is 11.5 Å². The maximum atomic E-state index is 6.13. The molecule has 0 fully saturated rings. The molecule has 86 valence electrons. The molecule has 0 bridgehead atoms. The summed E-state index contributed by atoms with van der Waals surface area (Å²) in [5.41, 5.74) is 15.0. The second kappa shape index (κ2) is 4.23. The van der Waals surface area contributed by atoms with Gasteiger partial charge in [0.05, 0.1) is 17.4 Å². The van der Waals surface area contributed by atoms with Gasteiger partial charge in [-0.25, -0.2) is 4.98 Å². The zero-order valence-electron chi connectivity index (χ0n) is 9.72. The minimum Gasteiger partial charge on any atom is -0.334 e. The van der Waals surface area contributed by atoms with Crippen molar-refractivity contribution in [2.75, 3.05) is 6.54 Å². The molecule has 0 saturated heterocycles. The van der Waals surface area contributed by atoms with E-state index in [1.54, 1.807) is 0 Å². The highest BCUT2D eigenvalue weighted by Gasteiger charge is 2.14. The predicted molar refractivity (Wildman–Crippen MR) is 65.9 cm³/mol. The lowest BCUT2D eigenvalue weighted by Gasteiger charge is -2.18. The molecule has 0 aliphatic heterocycles. The van der Waals surface area contributed by atoms with Crippen molar-refractivity contribution in [1.29, 1.82) is 0 Å². The van der Waals surface area contributed by atoms with E-state index in [1.807, 2.05) is 24.0 Å². The molecule has 2 atom stereocenters. The maximum Gasteiger partial charge on any atom is 0.0955 e. The third-order valence-corrected chi connectivity index (χ3v) is 3.12. The monoisotopic (exact) mass is 218 g/mol. The molecule has 4 nitrogen and oxygen atoms in total. The van der Waals surface area contributed by atoms with E-state index in [2.05, 4.69) is 24.0 Å². The summed E-state index contributed by atoms with van der Waals surface area (Å²) in [6.07, 6.45) is 1.81. The topological polar surface area (TPSA) is 69.9 Å². The van der Waals surface area contributed by atoms with Crippen LogP contribution in [0.15, 0.2) is 24.5 Å². The molecular weight excluding hydrogens is 200 g/mol. The molecule has 2 aromatic rings. The van der Waals surface area contributed by atoms with Crippen LogP contribution in [0.1, 0.15) is 18.5 Å². The van der Waals surface area contributed by atoms with E-state index in [-0.39, 0.29) is 12.0 Å². The summed E-state index contributed by atoms with van der Waals surface area (Å²) >= 11 is 0. The van der Waals surface area contributed by atoms with Crippen molar-refractivity contribution in [1.82, 2.24) is 9.55 Å². The van der Waals surface area contributed by atoms with Crippen molar-refractivity contribution in [3.8, 4) is 0 Å². The average Bonchev–Trinajstić information content (AvgIpc) is 2.68. The quantitative estimate of drug-likeness (QED) is 0.812. The standard InChI is InChI=1S/C12H18N4/c1-8(6-13)12(14)9-3-4-11-10(5-9)15-7-16(11)2/h3-5,7-8,12H,6,13-14H2,1-2H3. The van der Waals surface area contributed by atoms with Gasteiger partial charge in [-0.3, -0.25) is 0 Å². The van der Waals surface area contributed by atoms with Crippen molar-refractivity contribution in [3.63, 3.8) is 0 Å². The van der Waals surface area contributed by atoms with E-state index in [4.69, 9.17) is 11.5 Å². The van der Waals surface area contributed by atoms with Gasteiger partial charge in [0.2, 0.25) is 0 Å². The largest absolute Gasteiger partial charge is 0.334 e. The molecule has 0 radical (unpaired) electrons. The van der Waals surface area contributed by atoms with E-state index < -0.39 is 0 Å². The van der Waals surface area contributed by atoms with Crippen LogP contribution in [0.2, 0.25) is 0 Å². The number of nitrogens with two attached hydrogens (primary N) is 2. The summed E-state index contributed by atoms with van der Waals surface area (Å²) in [7, 11) is 1.98. The summed E-state index contributed by atoms with van der Waals surface area (Å²) in [5, 5.41) is 0. The van der Waals surface area contributed by atoms with E-state index in [9.17, 15) is 0 Å². The SMILES string of the molecule is CC(CN)C(N)c1ccc2c(c1)ncn2C. The summed E-state index contributed by atoms with van der Waals surface area (Å²) in [4.78, 5) is 4.32. The van der Waals surface area contributed by atoms with Gasteiger partial charge in [-0.1, -0.05) is 13.0 Å². The number of hydrogen-bond donors (Lipinski definition) is 2. The van der Waals surface area contributed by atoms with Gasteiger partial charge in [0.25, 0.3) is 0 Å². The predicted octanol–water partition coefficient (Wildman–Crippen LogP) is 1.17. The second-order valence-electron chi connectivity index (χ2n) is 4.34. The molecule has 0 amide bonds. The Kier molecular flexibility index (Phi) is 2.94. The number of fused-ring (bicyclic) bond motifs is 1. The first kappa shape index (κ1) is 11.1. The molecule has 2 rings (SSSR count). The van der Waals surface area contributed by atoms with Crippen LogP contribution in [0.25, 0.3) is 11.0 Å². The van der Waals surface area contributed by atoms with Gasteiger partial charge >= 0.3 is 0 Å². The molecule has 1 heterocycles. The molecule has 1 aromatic carbocycles. The summed E-state index contributed by atoms with van der Waals surface area (Å²) in [5.74, 6) is 0.279. The first-order chi connectivity index (χ1) is 7.63. The Balaban J connectivity index is 2.39. The minimum atomic E-state index is -0.0172. The van der Waals surface area contributed by atoms with Gasteiger partial charge in [-0.15, -0.1) is 0 Å². The smallest absolute Gasteiger partial charge is 0.0955 e. The summed E-state index contributed by atoms with van der Waals surface area (Å²) in [6, 6.07) is 6.14. The van der Waals surface area contributed by atoms with E-state index >= 15 is 0 Å². The van der Waals surface area contributed by atoms with E-state index in [0.29, 0.717) is 6.54 Å². The maximum absolute atomic E-state index is 6.13. The van der Waals surface area contributed by atoms with Gasteiger partial charge in [0, 0.05) is 13.1 Å². The van der Waals surface area contributed by atoms with Crippen molar-refractivity contribution < 1.29 is 0 Å². The van der Waals surface area contributed by atoms with Crippen molar-refractivity contribution >= 4 is 11.0 Å². The molecule has 0 spiro atoms. The molecule has 0 saturated carbocycles. The fraction of sp³-hybridized carbons (Fsp3) is 0.417. The number of nitrogens with zero attached hydrogens (tertiary/aromatic N) is 2. The average molecular weight is 218 g/mol. The fourth-order valence-corrected chi connectivity index (χ4v) is 1.84. The highest BCUT2D eigenvalue weighted by atomic mass is 15.0. The van der Waals surface area contributed by atoms with Gasteiger partial charge in [0.15, 0.2) is 0 Å². The van der Waals surface area contributed by atoms with Gasteiger partial charge in [0.1, 0.15) is 0 Å². The molecule has 0 aliphatic carbocycles. The minimum absolute atomic E-state index is 0.0172.